The maximum atomic E-state index is 12.8. The van der Waals surface area contributed by atoms with Crippen molar-refractivity contribution in [2.24, 2.45) is 0 Å². The predicted octanol–water partition coefficient (Wildman–Crippen LogP) is 1.90. The van der Waals surface area contributed by atoms with Crippen molar-refractivity contribution < 1.29 is 14.0 Å². The number of aromatic nitrogens is 2. The minimum absolute atomic E-state index is 0.278. The van der Waals surface area contributed by atoms with Gasteiger partial charge in [-0.2, -0.15) is 5.10 Å². The average molecular weight is 318 g/mol. The van der Waals surface area contributed by atoms with E-state index in [1.165, 1.54) is 24.3 Å². The second kappa shape index (κ2) is 7.53. The smallest absolute Gasteiger partial charge is 0.313 e. The summed E-state index contributed by atoms with van der Waals surface area (Å²) in [5.74, 6) is -1.93. The monoisotopic (exact) mass is 318 g/mol. The number of nitrogens with zero attached hydrogens (tertiary/aromatic N) is 2. The quantitative estimate of drug-likeness (QED) is 0.827. The fourth-order valence-electron chi connectivity index (χ4n) is 1.90. The molecule has 0 saturated heterocycles. The first kappa shape index (κ1) is 16.7. The second-order valence-corrected chi connectivity index (χ2v) is 5.35. The molecule has 7 heteroatoms. The van der Waals surface area contributed by atoms with Gasteiger partial charge >= 0.3 is 11.8 Å². The molecule has 1 heterocycles. The zero-order valence-electron chi connectivity index (χ0n) is 13.0. The molecule has 0 aliphatic carbocycles. The van der Waals surface area contributed by atoms with Crippen LogP contribution < -0.4 is 10.6 Å². The molecule has 2 N–H and O–H groups in total. The molecule has 1 aromatic heterocycles. The first-order valence-electron chi connectivity index (χ1n) is 7.34. The average Bonchev–Trinajstić information content (AvgIpc) is 2.98. The third-order valence-electron chi connectivity index (χ3n) is 3.17. The van der Waals surface area contributed by atoms with E-state index in [4.69, 9.17) is 0 Å². The van der Waals surface area contributed by atoms with Gasteiger partial charge in [0.1, 0.15) is 5.82 Å². The lowest BCUT2D eigenvalue weighted by molar-refractivity contribution is -0.136. The number of carbonyl (C=O) groups excluding carboxylic acids is 2. The van der Waals surface area contributed by atoms with E-state index in [1.807, 2.05) is 30.8 Å². The van der Waals surface area contributed by atoms with E-state index in [0.717, 1.165) is 5.69 Å². The highest BCUT2D eigenvalue weighted by atomic mass is 19.1. The van der Waals surface area contributed by atoms with Gasteiger partial charge in [0.05, 0.1) is 5.69 Å². The van der Waals surface area contributed by atoms with E-state index in [9.17, 15) is 14.0 Å². The first-order chi connectivity index (χ1) is 11.0. The van der Waals surface area contributed by atoms with Crippen LogP contribution in [-0.4, -0.2) is 28.1 Å². The normalized spacial score (nSPS) is 10.6. The topological polar surface area (TPSA) is 76.0 Å². The number of hydrogen-bond donors (Lipinski definition) is 2. The molecular formula is C16H19FN4O2. The number of hydrogen-bond acceptors (Lipinski definition) is 3. The molecule has 2 rings (SSSR count). The number of carbonyl (C=O) groups is 2. The van der Waals surface area contributed by atoms with Crippen LogP contribution in [0.15, 0.2) is 36.5 Å². The molecule has 0 atom stereocenters. The zero-order valence-corrected chi connectivity index (χ0v) is 13.0. The maximum absolute atomic E-state index is 12.8. The first-order valence-corrected chi connectivity index (χ1v) is 7.34. The Morgan fingerprint density at radius 2 is 1.87 bits per heavy atom. The van der Waals surface area contributed by atoms with Crippen molar-refractivity contribution in [2.75, 3.05) is 11.9 Å². The minimum atomic E-state index is -0.788. The molecule has 0 radical (unpaired) electrons. The molecule has 23 heavy (non-hydrogen) atoms. The fourth-order valence-corrected chi connectivity index (χ4v) is 1.90. The van der Waals surface area contributed by atoms with Crippen molar-refractivity contribution in [3.8, 4) is 0 Å². The molecule has 0 fully saturated rings. The van der Waals surface area contributed by atoms with Crippen LogP contribution in [0.2, 0.25) is 0 Å². The molecule has 0 aliphatic heterocycles. The Morgan fingerprint density at radius 3 is 2.48 bits per heavy atom. The highest BCUT2D eigenvalue weighted by molar-refractivity contribution is 6.39. The summed E-state index contributed by atoms with van der Waals surface area (Å²) in [6.07, 6.45) is 2.42. The van der Waals surface area contributed by atoms with E-state index in [1.54, 1.807) is 0 Å². The van der Waals surface area contributed by atoms with Crippen LogP contribution in [0.5, 0.6) is 0 Å². The van der Waals surface area contributed by atoms with E-state index >= 15 is 0 Å². The van der Waals surface area contributed by atoms with Gasteiger partial charge < -0.3 is 10.6 Å². The van der Waals surface area contributed by atoms with Crippen LogP contribution in [0.3, 0.4) is 0 Å². The maximum Gasteiger partial charge on any atom is 0.313 e. The Balaban J connectivity index is 1.77. The molecule has 0 bridgehead atoms. The summed E-state index contributed by atoms with van der Waals surface area (Å²) in [5, 5.41) is 9.28. The lowest BCUT2D eigenvalue weighted by Crippen LogP contribution is -2.36. The largest absolute Gasteiger partial charge is 0.347 e. The molecule has 2 amide bonds. The summed E-state index contributed by atoms with van der Waals surface area (Å²) in [7, 11) is 0. The predicted molar refractivity (Wildman–Crippen MR) is 84.4 cm³/mol. The van der Waals surface area contributed by atoms with Crippen molar-refractivity contribution in [3.63, 3.8) is 0 Å². The number of nitrogens with one attached hydrogen (secondary N) is 2. The van der Waals surface area contributed by atoms with E-state index in [-0.39, 0.29) is 6.04 Å². The van der Waals surface area contributed by atoms with E-state index in [2.05, 4.69) is 15.7 Å². The number of amides is 2. The van der Waals surface area contributed by atoms with Gasteiger partial charge in [-0.3, -0.25) is 14.3 Å². The van der Waals surface area contributed by atoms with Gasteiger partial charge in [0.15, 0.2) is 0 Å². The molecule has 0 aliphatic rings. The van der Waals surface area contributed by atoms with Crippen molar-refractivity contribution in [1.29, 1.82) is 0 Å². The Morgan fingerprint density at radius 1 is 1.17 bits per heavy atom. The van der Waals surface area contributed by atoms with Gasteiger partial charge in [-0.25, -0.2) is 4.39 Å². The zero-order chi connectivity index (χ0) is 16.8. The highest BCUT2D eigenvalue weighted by Crippen LogP contribution is 2.08. The van der Waals surface area contributed by atoms with Crippen LogP contribution in [0.4, 0.5) is 10.1 Å². The van der Waals surface area contributed by atoms with Gasteiger partial charge in [0.2, 0.25) is 0 Å². The Labute approximate surface area is 133 Å². The standard InChI is InChI=1S/C16H19FN4O2/c1-11(2)21-10-8-14(20-21)7-9-18-15(22)16(23)19-13-5-3-12(17)4-6-13/h3-6,8,10-11H,7,9H2,1-2H3,(H,18,22)(H,19,23). The summed E-state index contributed by atoms with van der Waals surface area (Å²) >= 11 is 0. The van der Waals surface area contributed by atoms with Crippen molar-refractivity contribution in [1.82, 2.24) is 15.1 Å². The summed E-state index contributed by atoms with van der Waals surface area (Å²) in [4.78, 5) is 23.4. The van der Waals surface area contributed by atoms with Gasteiger partial charge in [0, 0.05) is 30.9 Å². The van der Waals surface area contributed by atoms with Crippen LogP contribution in [0.25, 0.3) is 0 Å². The summed E-state index contributed by atoms with van der Waals surface area (Å²) in [6.45, 7) is 4.36. The third kappa shape index (κ3) is 4.91. The number of halogens is 1. The molecule has 0 spiro atoms. The number of anilines is 1. The van der Waals surface area contributed by atoms with Gasteiger partial charge in [-0.1, -0.05) is 0 Å². The third-order valence-corrected chi connectivity index (χ3v) is 3.17. The molecule has 6 nitrogen and oxygen atoms in total. The van der Waals surface area contributed by atoms with Crippen LogP contribution >= 0.6 is 0 Å². The fraction of sp³-hybridized carbons (Fsp3) is 0.312. The Kier molecular flexibility index (Phi) is 5.46. The van der Waals surface area contributed by atoms with E-state index < -0.39 is 17.6 Å². The summed E-state index contributed by atoms with van der Waals surface area (Å²) in [5.41, 5.74) is 1.21. The van der Waals surface area contributed by atoms with Crippen molar-refractivity contribution in [3.05, 3.63) is 48.0 Å². The number of benzene rings is 1. The van der Waals surface area contributed by atoms with Gasteiger partial charge in [0.25, 0.3) is 0 Å². The molecule has 122 valence electrons. The van der Waals surface area contributed by atoms with Crippen LogP contribution in [0, 0.1) is 5.82 Å². The summed E-state index contributed by atoms with van der Waals surface area (Å²) < 4.78 is 14.6. The van der Waals surface area contributed by atoms with Crippen molar-refractivity contribution in [2.45, 2.75) is 26.3 Å². The van der Waals surface area contributed by atoms with Crippen LogP contribution in [-0.2, 0) is 16.0 Å². The lowest BCUT2D eigenvalue weighted by atomic mass is 10.3. The Hall–Kier alpha value is -2.70. The van der Waals surface area contributed by atoms with E-state index in [0.29, 0.717) is 18.7 Å². The number of rotatable bonds is 5. The second-order valence-electron chi connectivity index (χ2n) is 5.35. The Bertz CT molecular complexity index is 680. The molecule has 2 aromatic rings. The molecule has 0 unspecified atom stereocenters. The SMILES string of the molecule is CC(C)n1ccc(CCNC(=O)C(=O)Nc2ccc(F)cc2)n1. The molecule has 0 saturated carbocycles. The molecular weight excluding hydrogens is 299 g/mol. The minimum Gasteiger partial charge on any atom is -0.347 e. The van der Waals surface area contributed by atoms with Gasteiger partial charge in [-0.05, 0) is 44.2 Å². The summed E-state index contributed by atoms with van der Waals surface area (Å²) in [6, 6.07) is 7.35. The highest BCUT2D eigenvalue weighted by Gasteiger charge is 2.13. The van der Waals surface area contributed by atoms with Gasteiger partial charge in [-0.15, -0.1) is 0 Å². The lowest BCUT2D eigenvalue weighted by Gasteiger charge is -2.06. The molecule has 1 aromatic carbocycles. The van der Waals surface area contributed by atoms with Crippen molar-refractivity contribution >= 4 is 17.5 Å². The van der Waals surface area contributed by atoms with Crippen LogP contribution in [0.1, 0.15) is 25.6 Å².